The van der Waals surface area contributed by atoms with E-state index in [1.807, 2.05) is 5.10 Å². The van der Waals surface area contributed by atoms with E-state index >= 15 is 0 Å². The second kappa shape index (κ2) is 9.34. The highest BCUT2D eigenvalue weighted by molar-refractivity contribution is 5.76. The molecule has 9 nitrogen and oxygen atoms in total. The number of halogens is 6. The molecule has 1 N–H and O–H groups in total. The molecule has 0 spiro atoms. The standard InChI is InChI=1S/C20H21F6N7O2/c21-19(22,23)12-10-27-18(28-11-12)33-8-6-31(7-9-33)14(34)2-1-4-32-5-3-13-15(20(24,25)26)17(35)30-29-16(13)32/h10-11H,1-9H2,(H,30,35). The third-order valence-corrected chi connectivity index (χ3v) is 5.98. The number of alkyl halides is 6. The van der Waals surface area contributed by atoms with Crippen LogP contribution < -0.4 is 15.4 Å². The van der Waals surface area contributed by atoms with E-state index in [-0.39, 0.29) is 42.6 Å². The van der Waals surface area contributed by atoms with Gasteiger partial charge in [0.1, 0.15) is 5.56 Å². The lowest BCUT2D eigenvalue weighted by Gasteiger charge is -2.35. The molecule has 1 fully saturated rings. The number of H-pyrrole nitrogens is 1. The van der Waals surface area contributed by atoms with Gasteiger partial charge in [-0.3, -0.25) is 9.59 Å². The Bertz CT molecular complexity index is 1120. The summed E-state index contributed by atoms with van der Waals surface area (Å²) in [4.78, 5) is 36.6. The molecular formula is C20H21F6N7O2. The van der Waals surface area contributed by atoms with Crippen LogP contribution in [0.2, 0.25) is 0 Å². The molecule has 0 saturated carbocycles. The van der Waals surface area contributed by atoms with E-state index in [0.717, 1.165) is 12.4 Å². The molecule has 4 rings (SSSR count). The molecule has 0 aliphatic carbocycles. The van der Waals surface area contributed by atoms with E-state index in [1.165, 1.54) is 0 Å². The fraction of sp³-hybridized carbons (Fsp3) is 0.550. The van der Waals surface area contributed by atoms with Crippen LogP contribution in [0.1, 0.15) is 29.5 Å². The highest BCUT2D eigenvalue weighted by Crippen LogP contribution is 2.35. The van der Waals surface area contributed by atoms with Crippen molar-refractivity contribution in [3.63, 3.8) is 0 Å². The van der Waals surface area contributed by atoms with Crippen molar-refractivity contribution in [2.45, 2.75) is 31.6 Å². The number of piperazine rings is 1. The number of aromatic nitrogens is 4. The fourth-order valence-corrected chi connectivity index (χ4v) is 4.21. The SMILES string of the molecule is O=C(CCCN1CCc2c1n[nH]c(=O)c2C(F)(F)F)N1CCN(c2ncc(C(F)(F)F)cn2)CC1. The van der Waals surface area contributed by atoms with Crippen LogP contribution in [-0.4, -0.2) is 70.2 Å². The van der Waals surface area contributed by atoms with Crippen molar-refractivity contribution in [1.29, 1.82) is 0 Å². The number of carbonyl (C=O) groups is 1. The summed E-state index contributed by atoms with van der Waals surface area (Å²) in [5, 5.41) is 5.67. The van der Waals surface area contributed by atoms with E-state index in [2.05, 4.69) is 15.1 Å². The van der Waals surface area contributed by atoms with Crippen LogP contribution >= 0.6 is 0 Å². The number of amides is 1. The first-order valence-electron chi connectivity index (χ1n) is 10.8. The number of carbonyl (C=O) groups excluding carboxylic acids is 1. The summed E-state index contributed by atoms with van der Waals surface area (Å²) in [6.45, 7) is 1.96. The van der Waals surface area contributed by atoms with Crippen molar-refractivity contribution < 1.29 is 31.1 Å². The summed E-state index contributed by atoms with van der Waals surface area (Å²) in [7, 11) is 0. The van der Waals surface area contributed by atoms with E-state index in [0.29, 0.717) is 39.1 Å². The highest BCUT2D eigenvalue weighted by atomic mass is 19.4. The minimum absolute atomic E-state index is 0.0447. The first-order chi connectivity index (χ1) is 16.4. The average molecular weight is 505 g/mol. The maximum absolute atomic E-state index is 13.2. The third kappa shape index (κ3) is 5.32. The molecule has 0 bridgehead atoms. The monoisotopic (exact) mass is 505 g/mol. The van der Waals surface area contributed by atoms with Gasteiger partial charge in [0.15, 0.2) is 5.82 Å². The van der Waals surface area contributed by atoms with Crippen molar-refractivity contribution in [2.24, 2.45) is 0 Å². The fourth-order valence-electron chi connectivity index (χ4n) is 4.21. The molecule has 0 unspecified atom stereocenters. The Morgan fingerprint density at radius 1 is 0.971 bits per heavy atom. The Labute approximate surface area is 194 Å². The van der Waals surface area contributed by atoms with Gasteiger partial charge in [0.05, 0.1) is 5.56 Å². The smallest absolute Gasteiger partial charge is 0.355 e. The Hall–Kier alpha value is -3.39. The lowest BCUT2D eigenvalue weighted by atomic mass is 10.1. The van der Waals surface area contributed by atoms with Gasteiger partial charge in [-0.05, 0) is 12.8 Å². The number of hydrogen-bond donors (Lipinski definition) is 1. The van der Waals surface area contributed by atoms with Crippen LogP contribution in [0.25, 0.3) is 0 Å². The number of nitrogens with zero attached hydrogens (tertiary/aromatic N) is 6. The second-order valence-corrected chi connectivity index (χ2v) is 8.21. The Balaban J connectivity index is 1.27. The van der Waals surface area contributed by atoms with Crippen LogP contribution in [0.5, 0.6) is 0 Å². The summed E-state index contributed by atoms with van der Waals surface area (Å²) in [6, 6.07) is 0. The number of hydrogen-bond acceptors (Lipinski definition) is 7. The van der Waals surface area contributed by atoms with E-state index < -0.39 is 29.0 Å². The molecule has 2 aromatic rings. The normalized spacial score (nSPS) is 16.6. The Kier molecular flexibility index (Phi) is 6.60. The maximum Gasteiger partial charge on any atom is 0.422 e. The molecule has 35 heavy (non-hydrogen) atoms. The lowest BCUT2D eigenvalue weighted by Crippen LogP contribution is -2.49. The van der Waals surface area contributed by atoms with Crippen molar-refractivity contribution >= 4 is 17.7 Å². The van der Waals surface area contributed by atoms with Crippen LogP contribution in [0, 0.1) is 0 Å². The topological polar surface area (TPSA) is 98.3 Å². The van der Waals surface area contributed by atoms with Gasteiger partial charge in [0.2, 0.25) is 11.9 Å². The van der Waals surface area contributed by atoms with Gasteiger partial charge in [-0.2, -0.15) is 31.4 Å². The first-order valence-corrected chi connectivity index (χ1v) is 10.8. The largest absolute Gasteiger partial charge is 0.422 e. The van der Waals surface area contributed by atoms with Gasteiger partial charge in [0, 0.05) is 63.6 Å². The third-order valence-electron chi connectivity index (χ3n) is 5.98. The van der Waals surface area contributed by atoms with Crippen LogP contribution in [0.4, 0.5) is 38.1 Å². The van der Waals surface area contributed by atoms with Gasteiger partial charge in [-0.1, -0.05) is 0 Å². The molecule has 1 amide bonds. The number of fused-ring (bicyclic) bond motifs is 1. The molecular weight excluding hydrogens is 484 g/mol. The van der Waals surface area contributed by atoms with Crippen molar-refractivity contribution in [2.75, 3.05) is 49.1 Å². The predicted molar refractivity (Wildman–Crippen MR) is 111 cm³/mol. The number of aromatic amines is 1. The summed E-state index contributed by atoms with van der Waals surface area (Å²) >= 11 is 0. The molecule has 2 aromatic heterocycles. The second-order valence-electron chi connectivity index (χ2n) is 8.21. The molecule has 2 aliphatic rings. The van der Waals surface area contributed by atoms with Gasteiger partial charge >= 0.3 is 12.4 Å². The van der Waals surface area contributed by atoms with Gasteiger partial charge in [0.25, 0.3) is 5.56 Å². The zero-order chi connectivity index (χ0) is 25.4. The number of rotatable bonds is 5. The van der Waals surface area contributed by atoms with Gasteiger partial charge < -0.3 is 14.7 Å². The molecule has 0 atom stereocenters. The molecule has 0 radical (unpaired) electrons. The van der Waals surface area contributed by atoms with Crippen molar-refractivity contribution in [3.8, 4) is 0 Å². The molecule has 4 heterocycles. The van der Waals surface area contributed by atoms with E-state index in [4.69, 9.17) is 0 Å². The van der Waals surface area contributed by atoms with E-state index in [9.17, 15) is 35.9 Å². The zero-order valence-corrected chi connectivity index (χ0v) is 18.3. The molecule has 1 saturated heterocycles. The summed E-state index contributed by atoms with van der Waals surface area (Å²) in [6.07, 6.45) is -7.27. The highest BCUT2D eigenvalue weighted by Gasteiger charge is 2.40. The van der Waals surface area contributed by atoms with Crippen LogP contribution in [0.15, 0.2) is 17.2 Å². The predicted octanol–water partition coefficient (Wildman–Crippen LogP) is 2.09. The molecule has 190 valence electrons. The van der Waals surface area contributed by atoms with Gasteiger partial charge in [-0.25, -0.2) is 15.1 Å². The minimum Gasteiger partial charge on any atom is -0.355 e. The Morgan fingerprint density at radius 3 is 2.23 bits per heavy atom. The molecule has 15 heteroatoms. The summed E-state index contributed by atoms with van der Waals surface area (Å²) in [5.74, 6) is 0.0962. The van der Waals surface area contributed by atoms with Crippen molar-refractivity contribution in [1.82, 2.24) is 25.1 Å². The summed E-state index contributed by atoms with van der Waals surface area (Å²) in [5.41, 5.74) is -3.56. The van der Waals surface area contributed by atoms with Crippen molar-refractivity contribution in [3.05, 3.63) is 39.4 Å². The maximum atomic E-state index is 13.2. The van der Waals surface area contributed by atoms with Crippen LogP contribution in [0.3, 0.4) is 0 Å². The van der Waals surface area contributed by atoms with Crippen LogP contribution in [-0.2, 0) is 23.6 Å². The lowest BCUT2D eigenvalue weighted by molar-refractivity contribution is -0.139. The minimum atomic E-state index is -4.78. The van der Waals surface area contributed by atoms with E-state index in [1.54, 1.807) is 14.7 Å². The average Bonchev–Trinajstić information content (AvgIpc) is 3.20. The first kappa shape index (κ1) is 24.7. The molecule has 0 aromatic carbocycles. The Morgan fingerprint density at radius 2 is 1.63 bits per heavy atom. The zero-order valence-electron chi connectivity index (χ0n) is 18.3. The summed E-state index contributed by atoms with van der Waals surface area (Å²) < 4.78 is 77.6. The van der Waals surface area contributed by atoms with Gasteiger partial charge in [-0.15, -0.1) is 0 Å². The number of anilines is 2. The number of nitrogens with one attached hydrogen (secondary N) is 1. The quantitative estimate of drug-likeness (QED) is 0.622. The molecule has 2 aliphatic heterocycles.